The van der Waals surface area contributed by atoms with Crippen molar-refractivity contribution in [1.29, 1.82) is 5.26 Å². The van der Waals surface area contributed by atoms with Crippen molar-refractivity contribution in [2.75, 3.05) is 0 Å². The number of para-hydroxylation sites is 1. The summed E-state index contributed by atoms with van der Waals surface area (Å²) in [6.45, 7) is 6.01. The monoisotopic (exact) mass is 255 g/mol. The van der Waals surface area contributed by atoms with E-state index in [-0.39, 0.29) is 28.1 Å². The summed E-state index contributed by atoms with van der Waals surface area (Å²) < 4.78 is 0. The number of phenolic OH excluding ortho intramolecular Hbond substituents is 1. The van der Waals surface area contributed by atoms with E-state index in [1.807, 2.05) is 32.9 Å². The molecule has 0 bridgehead atoms. The van der Waals surface area contributed by atoms with Gasteiger partial charge in [0.15, 0.2) is 0 Å². The lowest BCUT2D eigenvalue weighted by atomic mass is 9.85. The molecule has 0 spiro atoms. The molecule has 0 atom stereocenters. The molecule has 0 amide bonds. The average Bonchev–Trinajstić information content (AvgIpc) is 2.02. The highest BCUT2D eigenvalue weighted by Gasteiger charge is 2.19. The van der Waals surface area contributed by atoms with Gasteiger partial charge >= 0.3 is 0 Å². The van der Waals surface area contributed by atoms with Gasteiger partial charge in [0.2, 0.25) is 0 Å². The highest BCUT2D eigenvalue weighted by atomic mass is 79.9. The Hall–Kier alpha value is -1.01. The minimum atomic E-state index is -0.128. The summed E-state index contributed by atoms with van der Waals surface area (Å²) in [5.74, 6) is 0.109. The van der Waals surface area contributed by atoms with E-state index in [1.165, 1.54) is 0 Å². The number of hydrogen-bond acceptors (Lipinski definition) is 2. The number of aromatic hydroxyl groups is 1. The van der Waals surface area contributed by atoms with E-state index in [1.54, 1.807) is 12.1 Å². The van der Waals surface area contributed by atoms with Gasteiger partial charge in [-0.15, -0.1) is 17.0 Å². The first-order chi connectivity index (χ1) is 5.96. The molecule has 0 saturated carbocycles. The fraction of sp³-hybridized carbons (Fsp3) is 0.364. The second-order valence-electron chi connectivity index (χ2n) is 4.06. The maximum Gasteiger partial charge on any atom is 0.137 e. The topological polar surface area (TPSA) is 44.0 Å². The summed E-state index contributed by atoms with van der Waals surface area (Å²) in [6, 6.07) is 7.21. The number of nitriles is 1. The van der Waals surface area contributed by atoms with Crippen molar-refractivity contribution in [2.45, 2.75) is 26.2 Å². The molecule has 0 aliphatic rings. The van der Waals surface area contributed by atoms with Gasteiger partial charge in [-0.05, 0) is 11.5 Å². The lowest BCUT2D eigenvalue weighted by Crippen LogP contribution is -2.11. The Morgan fingerprint density at radius 3 is 2.29 bits per heavy atom. The van der Waals surface area contributed by atoms with Crippen molar-refractivity contribution in [1.82, 2.24) is 0 Å². The van der Waals surface area contributed by atoms with Crippen LogP contribution >= 0.6 is 17.0 Å². The van der Waals surface area contributed by atoms with E-state index in [4.69, 9.17) is 5.26 Å². The fourth-order valence-corrected chi connectivity index (χ4v) is 1.24. The molecule has 0 aliphatic carbocycles. The Bertz CT molecular complexity index is 361. The lowest BCUT2D eigenvalue weighted by molar-refractivity contribution is 0.445. The number of nitrogens with zero attached hydrogens (tertiary/aromatic N) is 1. The molecule has 76 valence electrons. The van der Waals surface area contributed by atoms with Crippen molar-refractivity contribution in [3.05, 3.63) is 29.3 Å². The highest BCUT2D eigenvalue weighted by Crippen LogP contribution is 2.32. The predicted molar refractivity (Wildman–Crippen MR) is 61.8 cm³/mol. The molecule has 1 rings (SSSR count). The van der Waals surface area contributed by atoms with E-state index in [0.29, 0.717) is 5.56 Å². The third-order valence-electron chi connectivity index (χ3n) is 1.96. The Kier molecular flexibility index (Phi) is 4.15. The van der Waals surface area contributed by atoms with E-state index < -0.39 is 0 Å². The second kappa shape index (κ2) is 4.47. The normalized spacial score (nSPS) is 10.1. The molecule has 1 N–H and O–H groups in total. The molecule has 0 heterocycles. The van der Waals surface area contributed by atoms with Gasteiger partial charge in [0.05, 0.1) is 5.56 Å². The van der Waals surface area contributed by atoms with Crippen molar-refractivity contribution >= 4 is 17.0 Å². The minimum absolute atomic E-state index is 0. The Morgan fingerprint density at radius 1 is 1.29 bits per heavy atom. The number of benzene rings is 1. The van der Waals surface area contributed by atoms with Crippen LogP contribution in [-0.2, 0) is 5.41 Å². The molecule has 1 aromatic rings. The molecular formula is C11H14BrNO. The molecule has 0 unspecified atom stereocenters. The zero-order valence-electron chi connectivity index (χ0n) is 8.53. The summed E-state index contributed by atoms with van der Waals surface area (Å²) in [7, 11) is 0. The molecule has 0 fully saturated rings. The Labute approximate surface area is 95.0 Å². The van der Waals surface area contributed by atoms with Crippen LogP contribution in [0.5, 0.6) is 5.75 Å². The Morgan fingerprint density at radius 2 is 1.86 bits per heavy atom. The van der Waals surface area contributed by atoms with E-state index in [9.17, 15) is 5.11 Å². The molecule has 0 radical (unpaired) electrons. The Balaban J connectivity index is 0.00000169. The molecule has 14 heavy (non-hydrogen) atoms. The van der Waals surface area contributed by atoms with Crippen LogP contribution in [0.1, 0.15) is 31.9 Å². The van der Waals surface area contributed by atoms with Crippen LogP contribution in [0, 0.1) is 11.3 Å². The van der Waals surface area contributed by atoms with Gasteiger partial charge in [-0.25, -0.2) is 0 Å². The SMILES string of the molecule is Br.CC(C)(C)c1cccc(C#N)c1O. The van der Waals surface area contributed by atoms with E-state index >= 15 is 0 Å². The molecule has 2 nitrogen and oxygen atoms in total. The minimum Gasteiger partial charge on any atom is -0.506 e. The van der Waals surface area contributed by atoms with Crippen LogP contribution < -0.4 is 0 Å². The summed E-state index contributed by atoms with van der Waals surface area (Å²) in [5, 5.41) is 18.4. The fourth-order valence-electron chi connectivity index (χ4n) is 1.24. The predicted octanol–water partition coefficient (Wildman–Crippen LogP) is 3.14. The van der Waals surface area contributed by atoms with Gasteiger partial charge in [0, 0.05) is 5.56 Å². The van der Waals surface area contributed by atoms with Crippen LogP contribution in [0.3, 0.4) is 0 Å². The largest absolute Gasteiger partial charge is 0.506 e. The summed E-state index contributed by atoms with van der Waals surface area (Å²) >= 11 is 0. The van der Waals surface area contributed by atoms with Crippen molar-refractivity contribution in [3.8, 4) is 11.8 Å². The maximum absolute atomic E-state index is 9.70. The summed E-state index contributed by atoms with van der Waals surface area (Å²) in [4.78, 5) is 0. The first-order valence-corrected chi connectivity index (χ1v) is 4.19. The number of halogens is 1. The average molecular weight is 256 g/mol. The summed E-state index contributed by atoms with van der Waals surface area (Å²) in [6.07, 6.45) is 0. The maximum atomic E-state index is 9.70. The number of phenols is 1. The quantitative estimate of drug-likeness (QED) is 0.774. The molecule has 0 saturated heterocycles. The van der Waals surface area contributed by atoms with Crippen molar-refractivity contribution < 1.29 is 5.11 Å². The lowest BCUT2D eigenvalue weighted by Gasteiger charge is -2.20. The van der Waals surface area contributed by atoms with Gasteiger partial charge in [-0.2, -0.15) is 5.26 Å². The van der Waals surface area contributed by atoms with Gasteiger partial charge in [-0.3, -0.25) is 0 Å². The van der Waals surface area contributed by atoms with Crippen LogP contribution in [0.25, 0.3) is 0 Å². The first-order valence-electron chi connectivity index (χ1n) is 4.19. The van der Waals surface area contributed by atoms with Crippen LogP contribution in [0.15, 0.2) is 18.2 Å². The van der Waals surface area contributed by atoms with Gasteiger partial charge in [0.25, 0.3) is 0 Å². The van der Waals surface area contributed by atoms with E-state index in [0.717, 1.165) is 5.56 Å². The van der Waals surface area contributed by atoms with Crippen LogP contribution in [0.2, 0.25) is 0 Å². The smallest absolute Gasteiger partial charge is 0.137 e. The first kappa shape index (κ1) is 13.0. The third-order valence-corrected chi connectivity index (χ3v) is 1.96. The number of hydrogen-bond donors (Lipinski definition) is 1. The van der Waals surface area contributed by atoms with Gasteiger partial charge in [0.1, 0.15) is 11.8 Å². The van der Waals surface area contributed by atoms with Gasteiger partial charge in [-0.1, -0.05) is 32.9 Å². The van der Waals surface area contributed by atoms with E-state index in [2.05, 4.69) is 0 Å². The standard InChI is InChI=1S/C11H13NO.BrH/c1-11(2,3)9-6-4-5-8(7-12)10(9)13;/h4-6,13H,1-3H3;1H. The molecule has 0 aliphatic heterocycles. The zero-order valence-corrected chi connectivity index (χ0v) is 10.2. The number of rotatable bonds is 0. The van der Waals surface area contributed by atoms with Crippen molar-refractivity contribution in [3.63, 3.8) is 0 Å². The molecule has 0 aromatic heterocycles. The molecule has 1 aromatic carbocycles. The van der Waals surface area contributed by atoms with Crippen LogP contribution in [0.4, 0.5) is 0 Å². The third kappa shape index (κ3) is 2.49. The second-order valence-corrected chi connectivity index (χ2v) is 4.06. The van der Waals surface area contributed by atoms with Crippen LogP contribution in [-0.4, -0.2) is 5.11 Å². The molecular weight excluding hydrogens is 242 g/mol. The molecule has 3 heteroatoms. The zero-order chi connectivity index (χ0) is 10.1. The highest BCUT2D eigenvalue weighted by molar-refractivity contribution is 8.93. The summed E-state index contributed by atoms with van der Waals surface area (Å²) in [5.41, 5.74) is 1.02. The van der Waals surface area contributed by atoms with Gasteiger partial charge < -0.3 is 5.11 Å². The van der Waals surface area contributed by atoms with Crippen molar-refractivity contribution in [2.24, 2.45) is 0 Å².